The number of aromatic nitrogens is 2. The van der Waals surface area contributed by atoms with Crippen molar-refractivity contribution in [2.24, 2.45) is 0 Å². The van der Waals surface area contributed by atoms with E-state index in [1.165, 1.54) is 12.1 Å². The molecule has 0 amide bonds. The van der Waals surface area contributed by atoms with E-state index < -0.39 is 0 Å². The van der Waals surface area contributed by atoms with E-state index in [4.69, 9.17) is 4.74 Å². The van der Waals surface area contributed by atoms with Crippen LogP contribution in [0, 0.1) is 12.7 Å². The van der Waals surface area contributed by atoms with Crippen LogP contribution in [-0.2, 0) is 11.2 Å². The second-order valence-electron chi connectivity index (χ2n) is 6.01. The molecule has 2 aromatic rings. The molecule has 23 heavy (non-hydrogen) atoms. The molecule has 122 valence electrons. The maximum absolute atomic E-state index is 13.1. The van der Waals surface area contributed by atoms with Crippen LogP contribution in [0.1, 0.15) is 37.0 Å². The van der Waals surface area contributed by atoms with Gasteiger partial charge < -0.3 is 9.64 Å². The Morgan fingerprint density at radius 2 is 1.96 bits per heavy atom. The van der Waals surface area contributed by atoms with Crippen molar-refractivity contribution in [2.75, 3.05) is 18.0 Å². The minimum absolute atomic E-state index is 0.0825. The van der Waals surface area contributed by atoms with Crippen LogP contribution < -0.4 is 4.90 Å². The highest BCUT2D eigenvalue weighted by molar-refractivity contribution is 5.41. The Morgan fingerprint density at radius 3 is 2.65 bits per heavy atom. The highest BCUT2D eigenvalue weighted by Gasteiger charge is 2.27. The van der Waals surface area contributed by atoms with E-state index in [1.807, 2.05) is 13.0 Å². The minimum Gasteiger partial charge on any atom is -0.367 e. The maximum atomic E-state index is 13.1. The number of hydrogen-bond acceptors (Lipinski definition) is 4. The monoisotopic (exact) mass is 315 g/mol. The van der Waals surface area contributed by atoms with Crippen molar-refractivity contribution in [1.29, 1.82) is 0 Å². The molecule has 1 aliphatic rings. The van der Waals surface area contributed by atoms with E-state index in [9.17, 15) is 4.39 Å². The Morgan fingerprint density at radius 1 is 1.22 bits per heavy atom. The van der Waals surface area contributed by atoms with Gasteiger partial charge >= 0.3 is 0 Å². The Balaban J connectivity index is 1.85. The molecule has 1 saturated heterocycles. The fraction of sp³-hybridized carbons (Fsp3) is 0.444. The fourth-order valence-corrected chi connectivity index (χ4v) is 2.96. The van der Waals surface area contributed by atoms with Gasteiger partial charge in [0, 0.05) is 24.8 Å². The van der Waals surface area contributed by atoms with Gasteiger partial charge in [0.25, 0.3) is 0 Å². The summed E-state index contributed by atoms with van der Waals surface area (Å²) in [6, 6.07) is 8.59. The first-order valence-electron chi connectivity index (χ1n) is 8.05. The minimum atomic E-state index is -0.228. The largest absolute Gasteiger partial charge is 0.367 e. The second-order valence-corrected chi connectivity index (χ2v) is 6.01. The van der Waals surface area contributed by atoms with Crippen molar-refractivity contribution in [3.63, 3.8) is 0 Å². The van der Waals surface area contributed by atoms with Gasteiger partial charge in [-0.3, -0.25) is 0 Å². The molecule has 3 rings (SSSR count). The van der Waals surface area contributed by atoms with E-state index in [-0.39, 0.29) is 18.0 Å². The first-order valence-corrected chi connectivity index (χ1v) is 8.05. The number of hydrogen-bond donors (Lipinski definition) is 0. The van der Waals surface area contributed by atoms with Gasteiger partial charge in [-0.05, 0) is 38.0 Å². The molecule has 1 fully saturated rings. The van der Waals surface area contributed by atoms with Crippen molar-refractivity contribution >= 4 is 5.82 Å². The van der Waals surface area contributed by atoms with Gasteiger partial charge in [0.1, 0.15) is 23.6 Å². The van der Waals surface area contributed by atoms with Crippen LogP contribution in [0.5, 0.6) is 0 Å². The predicted octanol–water partition coefficient (Wildman–Crippen LogP) is 3.45. The lowest BCUT2D eigenvalue weighted by molar-refractivity contribution is -0.0176. The number of halogens is 1. The molecule has 2 unspecified atom stereocenters. The molecular formula is C18H22FN3O. The molecule has 2 heterocycles. The molecule has 0 N–H and O–H groups in total. The maximum Gasteiger partial charge on any atom is 0.132 e. The molecule has 1 aromatic heterocycles. The average Bonchev–Trinajstić information content (AvgIpc) is 2.54. The number of aryl methyl sites for hydroxylation is 2. The molecule has 4 nitrogen and oxygen atoms in total. The first kappa shape index (κ1) is 15.9. The normalized spacial score (nSPS) is 21.5. The highest BCUT2D eigenvalue weighted by Crippen LogP contribution is 2.28. The molecule has 0 bridgehead atoms. The standard InChI is InChI=1S/C18H22FN3O/c1-4-16-9-18(21-13(3)20-16)22-10-12(2)23-17(11-22)14-5-7-15(19)8-6-14/h5-9,12,17H,4,10-11H2,1-3H3. The van der Waals surface area contributed by atoms with Crippen LogP contribution in [0.4, 0.5) is 10.2 Å². The number of anilines is 1. The predicted molar refractivity (Wildman–Crippen MR) is 88.0 cm³/mol. The molecule has 0 radical (unpaired) electrons. The Labute approximate surface area is 136 Å². The Hall–Kier alpha value is -2.01. The van der Waals surface area contributed by atoms with Gasteiger partial charge in [0.2, 0.25) is 0 Å². The first-order chi connectivity index (χ1) is 11.0. The molecule has 5 heteroatoms. The van der Waals surface area contributed by atoms with Crippen molar-refractivity contribution in [3.8, 4) is 0 Å². The van der Waals surface area contributed by atoms with E-state index >= 15 is 0 Å². The molecule has 2 atom stereocenters. The number of morpholine rings is 1. The quantitative estimate of drug-likeness (QED) is 0.869. The van der Waals surface area contributed by atoms with Crippen molar-refractivity contribution in [2.45, 2.75) is 39.4 Å². The molecule has 0 aliphatic carbocycles. The summed E-state index contributed by atoms with van der Waals surface area (Å²) in [6.45, 7) is 7.56. The summed E-state index contributed by atoms with van der Waals surface area (Å²) < 4.78 is 19.2. The van der Waals surface area contributed by atoms with Crippen LogP contribution in [0.25, 0.3) is 0 Å². The summed E-state index contributed by atoms with van der Waals surface area (Å²) in [6.07, 6.45) is 0.885. The summed E-state index contributed by atoms with van der Waals surface area (Å²) in [5, 5.41) is 0. The average molecular weight is 315 g/mol. The summed E-state index contributed by atoms with van der Waals surface area (Å²) in [5.41, 5.74) is 2.04. The fourth-order valence-electron chi connectivity index (χ4n) is 2.96. The molecule has 0 spiro atoms. The van der Waals surface area contributed by atoms with Crippen molar-refractivity contribution in [1.82, 2.24) is 9.97 Å². The number of benzene rings is 1. The Kier molecular flexibility index (Phi) is 4.57. The zero-order valence-electron chi connectivity index (χ0n) is 13.8. The van der Waals surface area contributed by atoms with Crippen LogP contribution in [0.2, 0.25) is 0 Å². The van der Waals surface area contributed by atoms with Gasteiger partial charge in [-0.25, -0.2) is 14.4 Å². The van der Waals surface area contributed by atoms with Gasteiger partial charge in [-0.15, -0.1) is 0 Å². The smallest absolute Gasteiger partial charge is 0.132 e. The molecule has 1 aromatic carbocycles. The highest BCUT2D eigenvalue weighted by atomic mass is 19.1. The number of nitrogens with zero attached hydrogens (tertiary/aromatic N) is 3. The van der Waals surface area contributed by atoms with Gasteiger partial charge in [-0.1, -0.05) is 19.1 Å². The SMILES string of the molecule is CCc1cc(N2CC(C)OC(c3ccc(F)cc3)C2)nc(C)n1. The number of ether oxygens (including phenoxy) is 1. The Bertz CT molecular complexity index is 674. The van der Waals surface area contributed by atoms with Gasteiger partial charge in [-0.2, -0.15) is 0 Å². The summed E-state index contributed by atoms with van der Waals surface area (Å²) in [7, 11) is 0. The lowest BCUT2D eigenvalue weighted by Gasteiger charge is -2.38. The lowest BCUT2D eigenvalue weighted by Crippen LogP contribution is -2.43. The van der Waals surface area contributed by atoms with Gasteiger partial charge in [0.05, 0.1) is 6.10 Å². The lowest BCUT2D eigenvalue weighted by atomic mass is 10.1. The van der Waals surface area contributed by atoms with Crippen LogP contribution >= 0.6 is 0 Å². The van der Waals surface area contributed by atoms with Crippen LogP contribution in [-0.4, -0.2) is 29.2 Å². The van der Waals surface area contributed by atoms with E-state index in [0.717, 1.165) is 35.9 Å². The van der Waals surface area contributed by atoms with Crippen LogP contribution in [0.3, 0.4) is 0 Å². The topological polar surface area (TPSA) is 38.2 Å². The molecule has 1 aliphatic heterocycles. The third-order valence-corrected chi connectivity index (χ3v) is 4.07. The zero-order valence-corrected chi connectivity index (χ0v) is 13.8. The third-order valence-electron chi connectivity index (χ3n) is 4.07. The third kappa shape index (κ3) is 3.67. The summed E-state index contributed by atoms with van der Waals surface area (Å²) >= 11 is 0. The van der Waals surface area contributed by atoms with E-state index in [2.05, 4.69) is 28.7 Å². The van der Waals surface area contributed by atoms with Crippen LogP contribution in [0.15, 0.2) is 30.3 Å². The van der Waals surface area contributed by atoms with Gasteiger partial charge in [0.15, 0.2) is 0 Å². The molecular weight excluding hydrogens is 293 g/mol. The van der Waals surface area contributed by atoms with E-state index in [0.29, 0.717) is 6.54 Å². The van der Waals surface area contributed by atoms with E-state index in [1.54, 1.807) is 12.1 Å². The molecule has 0 saturated carbocycles. The zero-order chi connectivity index (χ0) is 16.4. The summed E-state index contributed by atoms with van der Waals surface area (Å²) in [4.78, 5) is 11.3. The van der Waals surface area contributed by atoms with Crippen molar-refractivity contribution in [3.05, 3.63) is 53.2 Å². The number of rotatable bonds is 3. The summed E-state index contributed by atoms with van der Waals surface area (Å²) in [5.74, 6) is 1.50. The second kappa shape index (κ2) is 6.62. The van der Waals surface area contributed by atoms with Crippen molar-refractivity contribution < 1.29 is 9.13 Å².